The summed E-state index contributed by atoms with van der Waals surface area (Å²) in [4.78, 5) is 3.04. The average Bonchev–Trinajstić information content (AvgIpc) is 3.32. The molecule has 2 heteroatoms. The van der Waals surface area contributed by atoms with Crippen LogP contribution in [0.5, 0.6) is 0 Å². The molecule has 1 aliphatic carbocycles. The quantitative estimate of drug-likeness (QED) is 0.337. The number of aryl methyl sites for hydroxylation is 1. The van der Waals surface area contributed by atoms with Crippen LogP contribution in [0.25, 0.3) is 19.8 Å². The predicted molar refractivity (Wildman–Crippen MR) is 133 cm³/mol. The maximum absolute atomic E-state index is 2.51. The van der Waals surface area contributed by atoms with Crippen LogP contribution in [0, 0.1) is 11.8 Å². The lowest BCUT2D eigenvalue weighted by Crippen LogP contribution is -2.18. The van der Waals surface area contributed by atoms with Gasteiger partial charge in [0.25, 0.3) is 0 Å². The minimum atomic E-state index is 0.725. The number of benzene rings is 1. The number of rotatable bonds is 8. The molecule has 3 aromatic rings. The lowest BCUT2D eigenvalue weighted by Gasteiger charge is -2.32. The number of thiophene rings is 2. The van der Waals surface area contributed by atoms with E-state index in [9.17, 15) is 0 Å². The second-order valence-electron chi connectivity index (χ2n) is 9.15. The van der Waals surface area contributed by atoms with Crippen molar-refractivity contribution in [2.24, 2.45) is 11.8 Å². The Hall–Kier alpha value is -1.12. The molecule has 2 heterocycles. The van der Waals surface area contributed by atoms with Gasteiger partial charge in [-0.3, -0.25) is 0 Å². The SMILES string of the molecule is CCCCC1CCC(C(C)c2cc3sc(-c4ccc(CCC)cc4)cc3s2)CC1. The van der Waals surface area contributed by atoms with Crippen LogP contribution in [0.3, 0.4) is 0 Å². The molecule has 1 unspecified atom stereocenters. The molecule has 1 aliphatic rings. The van der Waals surface area contributed by atoms with E-state index in [1.54, 1.807) is 4.88 Å². The molecule has 0 nitrogen and oxygen atoms in total. The van der Waals surface area contributed by atoms with Crippen molar-refractivity contribution in [1.82, 2.24) is 0 Å². The lowest BCUT2D eigenvalue weighted by atomic mass is 9.74. The zero-order valence-electron chi connectivity index (χ0n) is 18.4. The van der Waals surface area contributed by atoms with Gasteiger partial charge in [-0.25, -0.2) is 0 Å². The van der Waals surface area contributed by atoms with Gasteiger partial charge in [0, 0.05) is 19.2 Å². The summed E-state index contributed by atoms with van der Waals surface area (Å²) in [5.41, 5.74) is 2.83. The Bertz CT molecular complexity index is 859. The maximum Gasteiger partial charge on any atom is 0.0460 e. The van der Waals surface area contributed by atoms with E-state index < -0.39 is 0 Å². The molecule has 1 aromatic carbocycles. The fourth-order valence-corrected chi connectivity index (χ4v) is 7.61. The average molecular weight is 425 g/mol. The minimum absolute atomic E-state index is 0.725. The van der Waals surface area contributed by atoms with Crippen molar-refractivity contribution < 1.29 is 0 Å². The Morgan fingerprint density at radius 3 is 2.28 bits per heavy atom. The maximum atomic E-state index is 2.51. The number of fused-ring (bicyclic) bond motifs is 1. The third kappa shape index (κ3) is 4.97. The van der Waals surface area contributed by atoms with Crippen molar-refractivity contribution in [3.05, 3.63) is 46.8 Å². The van der Waals surface area contributed by atoms with Gasteiger partial charge < -0.3 is 0 Å². The van der Waals surface area contributed by atoms with Crippen LogP contribution in [0.4, 0.5) is 0 Å². The van der Waals surface area contributed by atoms with Crippen molar-refractivity contribution >= 4 is 32.1 Å². The van der Waals surface area contributed by atoms with E-state index in [4.69, 9.17) is 0 Å². The van der Waals surface area contributed by atoms with Crippen LogP contribution in [0.2, 0.25) is 0 Å². The highest BCUT2D eigenvalue weighted by atomic mass is 32.1. The summed E-state index contributed by atoms with van der Waals surface area (Å²) in [6, 6.07) is 14.2. The molecule has 0 N–H and O–H groups in total. The fraction of sp³-hybridized carbons (Fsp3) is 0.556. The van der Waals surface area contributed by atoms with Gasteiger partial charge in [-0.15, -0.1) is 22.7 Å². The Kier molecular flexibility index (Phi) is 7.13. The smallest absolute Gasteiger partial charge is 0.0460 e. The van der Waals surface area contributed by atoms with Gasteiger partial charge >= 0.3 is 0 Å². The topological polar surface area (TPSA) is 0 Å². The molecule has 29 heavy (non-hydrogen) atoms. The summed E-state index contributed by atoms with van der Waals surface area (Å²) in [5, 5.41) is 0. The molecule has 0 amide bonds. The van der Waals surface area contributed by atoms with Crippen molar-refractivity contribution in [1.29, 1.82) is 0 Å². The summed E-state index contributed by atoms with van der Waals surface area (Å²) in [6.45, 7) is 7.06. The second-order valence-corrected chi connectivity index (χ2v) is 11.3. The van der Waals surface area contributed by atoms with E-state index in [0.29, 0.717) is 0 Å². The van der Waals surface area contributed by atoms with Gasteiger partial charge in [-0.1, -0.05) is 83.6 Å². The molecule has 0 bridgehead atoms. The van der Waals surface area contributed by atoms with Gasteiger partial charge in [0.1, 0.15) is 0 Å². The first-order valence-electron chi connectivity index (χ1n) is 11.8. The first kappa shape index (κ1) is 21.1. The molecule has 1 saturated carbocycles. The van der Waals surface area contributed by atoms with E-state index in [0.717, 1.165) is 17.8 Å². The Morgan fingerprint density at radius 1 is 0.897 bits per heavy atom. The van der Waals surface area contributed by atoms with Gasteiger partial charge in [0.05, 0.1) is 0 Å². The van der Waals surface area contributed by atoms with Crippen LogP contribution < -0.4 is 0 Å². The molecular weight excluding hydrogens is 388 g/mol. The standard InChI is InChI=1S/C27H36S2/c1-4-6-8-21-9-13-22(14-10-21)19(3)24-17-26-27(28-24)18-25(29-26)23-15-11-20(7-5-2)12-16-23/h11-12,15-19,21-22H,4-10,13-14H2,1-3H3. The second kappa shape index (κ2) is 9.79. The van der Waals surface area contributed by atoms with E-state index in [2.05, 4.69) is 68.5 Å². The largest absolute Gasteiger partial charge is 0.139 e. The molecule has 0 aliphatic heterocycles. The van der Waals surface area contributed by atoms with E-state index in [1.807, 2.05) is 11.3 Å². The minimum Gasteiger partial charge on any atom is -0.139 e. The third-order valence-electron chi connectivity index (χ3n) is 7.02. The van der Waals surface area contributed by atoms with Crippen molar-refractivity contribution in [3.8, 4) is 10.4 Å². The first-order valence-corrected chi connectivity index (χ1v) is 13.4. The van der Waals surface area contributed by atoms with E-state index in [-0.39, 0.29) is 0 Å². The molecule has 0 spiro atoms. The van der Waals surface area contributed by atoms with Gasteiger partial charge in [0.2, 0.25) is 0 Å². The zero-order chi connectivity index (χ0) is 20.2. The van der Waals surface area contributed by atoms with Crippen LogP contribution in [-0.4, -0.2) is 0 Å². The monoisotopic (exact) mass is 424 g/mol. The van der Waals surface area contributed by atoms with Crippen molar-refractivity contribution in [2.75, 3.05) is 0 Å². The fourth-order valence-electron chi connectivity index (χ4n) is 5.05. The van der Waals surface area contributed by atoms with Crippen LogP contribution in [-0.2, 0) is 6.42 Å². The molecule has 2 aromatic heterocycles. The highest BCUT2D eigenvalue weighted by molar-refractivity contribution is 7.29. The molecule has 0 radical (unpaired) electrons. The Labute approximate surface area is 185 Å². The van der Waals surface area contributed by atoms with Gasteiger partial charge in [0.15, 0.2) is 0 Å². The van der Waals surface area contributed by atoms with Gasteiger partial charge in [-0.05, 0) is 60.3 Å². The van der Waals surface area contributed by atoms with Crippen LogP contribution in [0.15, 0.2) is 36.4 Å². The van der Waals surface area contributed by atoms with E-state index in [1.165, 1.54) is 83.2 Å². The van der Waals surface area contributed by atoms with Crippen LogP contribution >= 0.6 is 22.7 Å². The normalized spacial score (nSPS) is 20.9. The predicted octanol–water partition coefficient (Wildman–Crippen LogP) is 9.68. The summed E-state index contributed by atoms with van der Waals surface area (Å²) in [5.74, 6) is 2.63. The molecule has 156 valence electrons. The summed E-state index contributed by atoms with van der Waals surface area (Å²) >= 11 is 4.03. The molecule has 4 rings (SSSR count). The van der Waals surface area contributed by atoms with Crippen LogP contribution in [0.1, 0.15) is 88.5 Å². The number of unbranched alkanes of at least 4 members (excludes halogenated alkanes) is 1. The zero-order valence-corrected chi connectivity index (χ0v) is 20.0. The summed E-state index contributed by atoms with van der Waals surface area (Å²) in [7, 11) is 0. The Morgan fingerprint density at radius 2 is 1.62 bits per heavy atom. The third-order valence-corrected chi connectivity index (χ3v) is 9.56. The molecule has 1 atom stereocenters. The van der Waals surface area contributed by atoms with E-state index >= 15 is 0 Å². The van der Waals surface area contributed by atoms with Crippen molar-refractivity contribution in [3.63, 3.8) is 0 Å². The summed E-state index contributed by atoms with van der Waals surface area (Å²) < 4.78 is 2.97. The molecule has 1 fully saturated rings. The number of hydrogen-bond acceptors (Lipinski definition) is 2. The van der Waals surface area contributed by atoms with Gasteiger partial charge in [-0.2, -0.15) is 0 Å². The highest BCUT2D eigenvalue weighted by Gasteiger charge is 2.27. The first-order chi connectivity index (χ1) is 14.2. The Balaban J connectivity index is 1.41. The molecule has 0 saturated heterocycles. The molecular formula is C27H36S2. The number of hydrogen-bond donors (Lipinski definition) is 0. The highest BCUT2D eigenvalue weighted by Crippen LogP contribution is 2.45. The lowest BCUT2D eigenvalue weighted by molar-refractivity contribution is 0.238. The summed E-state index contributed by atoms with van der Waals surface area (Å²) in [6.07, 6.45) is 12.5. The van der Waals surface area contributed by atoms with Crippen molar-refractivity contribution in [2.45, 2.75) is 84.5 Å².